The van der Waals surface area contributed by atoms with E-state index in [1.165, 1.54) is 5.56 Å². The predicted molar refractivity (Wildman–Crippen MR) is 137 cm³/mol. The zero-order chi connectivity index (χ0) is 23.8. The van der Waals surface area contributed by atoms with Crippen molar-refractivity contribution in [1.29, 1.82) is 0 Å². The summed E-state index contributed by atoms with van der Waals surface area (Å²) in [5.41, 5.74) is 2.88. The fraction of sp³-hybridized carbons (Fsp3) is 0.222. The first-order valence-corrected chi connectivity index (χ1v) is 11.8. The average Bonchev–Trinajstić information content (AvgIpc) is 3.40. The van der Waals surface area contributed by atoms with E-state index in [2.05, 4.69) is 22.8 Å². The summed E-state index contributed by atoms with van der Waals surface area (Å²) < 4.78 is 5.81. The Hall–Kier alpha value is -3.71. The number of ether oxygens (including phenoxy) is 1. The van der Waals surface area contributed by atoms with Crippen LogP contribution < -0.4 is 15.4 Å². The molecule has 1 aliphatic heterocycles. The number of thiocarbonyl (C=S) groups is 1. The number of hydrogen-bond donors (Lipinski definition) is 2. The summed E-state index contributed by atoms with van der Waals surface area (Å²) in [6.07, 6.45) is 2.86. The molecule has 0 aromatic heterocycles. The molecule has 1 aliphatic rings. The number of benzene rings is 3. The largest absolute Gasteiger partial charge is 0.493 e. The minimum Gasteiger partial charge on any atom is -0.493 e. The van der Waals surface area contributed by atoms with Gasteiger partial charge in [-0.1, -0.05) is 42.5 Å². The van der Waals surface area contributed by atoms with Gasteiger partial charge in [-0.15, -0.1) is 0 Å². The van der Waals surface area contributed by atoms with Gasteiger partial charge in [0.1, 0.15) is 5.75 Å². The lowest BCUT2D eigenvalue weighted by Gasteiger charge is -2.16. The normalized spacial score (nSPS) is 12.8. The maximum atomic E-state index is 12.7. The number of rotatable bonds is 7. The molecular weight excluding hydrogens is 446 g/mol. The summed E-state index contributed by atoms with van der Waals surface area (Å²) in [5, 5.41) is 5.84. The van der Waals surface area contributed by atoms with Gasteiger partial charge in [0.05, 0.1) is 6.61 Å². The Kier molecular flexibility index (Phi) is 7.88. The highest BCUT2D eigenvalue weighted by Gasteiger charge is 2.19. The number of anilines is 1. The molecule has 0 radical (unpaired) electrons. The first-order chi connectivity index (χ1) is 16.6. The highest BCUT2D eigenvalue weighted by Crippen LogP contribution is 2.17. The van der Waals surface area contributed by atoms with Crippen molar-refractivity contribution in [3.63, 3.8) is 0 Å². The Balaban J connectivity index is 1.30. The van der Waals surface area contributed by atoms with E-state index in [1.807, 2.05) is 29.2 Å². The topological polar surface area (TPSA) is 70.7 Å². The molecule has 0 aliphatic carbocycles. The van der Waals surface area contributed by atoms with Gasteiger partial charge in [-0.05, 0) is 67.0 Å². The molecule has 2 N–H and O–H groups in total. The first-order valence-electron chi connectivity index (χ1n) is 11.4. The van der Waals surface area contributed by atoms with Gasteiger partial charge in [0.15, 0.2) is 5.11 Å². The van der Waals surface area contributed by atoms with E-state index in [0.29, 0.717) is 29.2 Å². The number of nitrogens with zero attached hydrogens (tertiary/aromatic N) is 1. The number of carbonyl (C=O) groups is 2. The number of likely N-dealkylation sites (tertiary alicyclic amines) is 1. The SMILES string of the molecule is O=C(NC(=S)Nc1cccc(C(=O)N2CCCC2)c1)c1cccc(OCCc2ccccc2)c1. The average molecular weight is 474 g/mol. The molecule has 0 spiro atoms. The highest BCUT2D eigenvalue weighted by atomic mass is 32.1. The lowest BCUT2D eigenvalue weighted by molar-refractivity contribution is 0.0792. The lowest BCUT2D eigenvalue weighted by atomic mass is 10.1. The summed E-state index contributed by atoms with van der Waals surface area (Å²) in [5.74, 6) is 0.297. The molecule has 3 aromatic rings. The summed E-state index contributed by atoms with van der Waals surface area (Å²) in [7, 11) is 0. The van der Waals surface area contributed by atoms with Crippen LogP contribution in [0.2, 0.25) is 0 Å². The second-order valence-corrected chi connectivity index (χ2v) is 8.51. The molecule has 0 saturated carbocycles. The van der Waals surface area contributed by atoms with Crippen LogP contribution in [0.3, 0.4) is 0 Å². The van der Waals surface area contributed by atoms with Gasteiger partial charge in [0.2, 0.25) is 0 Å². The summed E-state index contributed by atoms with van der Waals surface area (Å²) in [6, 6.07) is 24.2. The quantitative estimate of drug-likeness (QED) is 0.488. The van der Waals surface area contributed by atoms with Gasteiger partial charge in [-0.3, -0.25) is 14.9 Å². The number of amides is 2. The highest BCUT2D eigenvalue weighted by molar-refractivity contribution is 7.80. The number of hydrogen-bond acceptors (Lipinski definition) is 4. The number of carbonyl (C=O) groups excluding carboxylic acids is 2. The van der Waals surface area contributed by atoms with Crippen LogP contribution in [0, 0.1) is 0 Å². The van der Waals surface area contributed by atoms with Crippen LogP contribution in [0.5, 0.6) is 5.75 Å². The van der Waals surface area contributed by atoms with Crippen LogP contribution in [0.1, 0.15) is 39.1 Å². The van der Waals surface area contributed by atoms with Crippen LogP contribution >= 0.6 is 12.2 Å². The lowest BCUT2D eigenvalue weighted by Crippen LogP contribution is -2.34. The summed E-state index contributed by atoms with van der Waals surface area (Å²) in [4.78, 5) is 27.2. The van der Waals surface area contributed by atoms with Crippen molar-refractivity contribution in [3.8, 4) is 5.75 Å². The second kappa shape index (κ2) is 11.4. The smallest absolute Gasteiger partial charge is 0.257 e. The molecule has 174 valence electrons. The van der Waals surface area contributed by atoms with Crippen LogP contribution in [0.25, 0.3) is 0 Å². The van der Waals surface area contributed by atoms with Crippen LogP contribution in [-0.2, 0) is 6.42 Å². The van der Waals surface area contributed by atoms with Gasteiger partial charge in [0.25, 0.3) is 11.8 Å². The maximum absolute atomic E-state index is 12.7. The molecule has 34 heavy (non-hydrogen) atoms. The molecule has 0 atom stereocenters. The summed E-state index contributed by atoms with van der Waals surface area (Å²) >= 11 is 5.32. The molecule has 1 heterocycles. The van der Waals surface area contributed by atoms with E-state index in [4.69, 9.17) is 17.0 Å². The molecule has 0 bridgehead atoms. The van der Waals surface area contributed by atoms with E-state index in [1.54, 1.807) is 42.5 Å². The van der Waals surface area contributed by atoms with Gasteiger partial charge in [-0.25, -0.2) is 0 Å². The molecule has 1 saturated heterocycles. The van der Waals surface area contributed by atoms with Gasteiger partial charge in [0, 0.05) is 36.3 Å². The van der Waals surface area contributed by atoms with Gasteiger partial charge < -0.3 is 15.0 Å². The molecule has 2 amide bonds. The third-order valence-corrected chi connectivity index (χ3v) is 5.79. The van der Waals surface area contributed by atoms with Crippen molar-refractivity contribution in [3.05, 3.63) is 95.6 Å². The molecule has 0 unspecified atom stereocenters. The van der Waals surface area contributed by atoms with E-state index < -0.39 is 0 Å². The molecule has 6 nitrogen and oxygen atoms in total. The van der Waals surface area contributed by atoms with E-state index >= 15 is 0 Å². The van der Waals surface area contributed by atoms with Crippen LogP contribution in [-0.4, -0.2) is 41.5 Å². The Bertz CT molecular complexity index is 1160. The fourth-order valence-electron chi connectivity index (χ4n) is 3.83. The van der Waals surface area contributed by atoms with Crippen molar-refractivity contribution >= 4 is 34.8 Å². The third-order valence-electron chi connectivity index (χ3n) is 5.59. The van der Waals surface area contributed by atoms with Crippen molar-refractivity contribution in [2.75, 3.05) is 25.0 Å². The molecule has 3 aromatic carbocycles. The minimum atomic E-state index is -0.338. The van der Waals surface area contributed by atoms with Crippen molar-refractivity contribution in [1.82, 2.24) is 10.2 Å². The summed E-state index contributed by atoms with van der Waals surface area (Å²) in [6.45, 7) is 2.10. The fourth-order valence-corrected chi connectivity index (χ4v) is 4.04. The predicted octanol–water partition coefficient (Wildman–Crippen LogP) is 4.67. The zero-order valence-electron chi connectivity index (χ0n) is 18.8. The van der Waals surface area contributed by atoms with Gasteiger partial charge >= 0.3 is 0 Å². The molecular formula is C27H27N3O3S. The standard InChI is InChI=1S/C27H27N3O3S/c31-25(21-10-7-13-24(19-21)33-17-14-20-8-2-1-3-9-20)29-27(34)28-23-12-6-11-22(18-23)26(32)30-15-4-5-16-30/h1-3,6-13,18-19H,4-5,14-17H2,(H2,28,29,31,34). The van der Waals surface area contributed by atoms with E-state index in [-0.39, 0.29) is 16.9 Å². The Labute approximate surface area is 204 Å². The van der Waals surface area contributed by atoms with Crippen molar-refractivity contribution in [2.24, 2.45) is 0 Å². The Morgan fingerprint density at radius 1 is 0.882 bits per heavy atom. The van der Waals surface area contributed by atoms with E-state index in [9.17, 15) is 9.59 Å². The monoisotopic (exact) mass is 473 g/mol. The van der Waals surface area contributed by atoms with Crippen molar-refractivity contribution in [2.45, 2.75) is 19.3 Å². The van der Waals surface area contributed by atoms with Crippen LogP contribution in [0.15, 0.2) is 78.9 Å². The zero-order valence-corrected chi connectivity index (χ0v) is 19.6. The molecule has 7 heteroatoms. The van der Waals surface area contributed by atoms with Crippen molar-refractivity contribution < 1.29 is 14.3 Å². The Morgan fingerprint density at radius 2 is 1.62 bits per heavy atom. The maximum Gasteiger partial charge on any atom is 0.257 e. The second-order valence-electron chi connectivity index (χ2n) is 8.10. The number of nitrogens with one attached hydrogen (secondary N) is 2. The van der Waals surface area contributed by atoms with Crippen LogP contribution in [0.4, 0.5) is 5.69 Å². The molecule has 1 fully saturated rings. The minimum absolute atomic E-state index is 0.0141. The van der Waals surface area contributed by atoms with E-state index in [0.717, 1.165) is 32.4 Å². The Morgan fingerprint density at radius 3 is 2.41 bits per heavy atom. The third kappa shape index (κ3) is 6.42. The van der Waals surface area contributed by atoms with Gasteiger partial charge in [-0.2, -0.15) is 0 Å². The molecule has 4 rings (SSSR count). The first kappa shape index (κ1) is 23.4.